The number of hydrogen-bond donors (Lipinski definition) is 1. The molecule has 0 radical (unpaired) electrons. The summed E-state index contributed by atoms with van der Waals surface area (Å²) >= 11 is 0. The molecular formula is C15H21N5O2. The van der Waals surface area contributed by atoms with Crippen molar-refractivity contribution in [3.8, 4) is 5.88 Å². The van der Waals surface area contributed by atoms with Gasteiger partial charge in [-0.05, 0) is 19.8 Å². The quantitative estimate of drug-likeness (QED) is 0.858. The first-order valence-corrected chi connectivity index (χ1v) is 7.58. The van der Waals surface area contributed by atoms with Crippen molar-refractivity contribution in [2.45, 2.75) is 32.4 Å². The topological polar surface area (TPSA) is 76.3 Å². The SMILES string of the molecule is Cc1nccn1C[C@H]1CCCN1c1cncc(OCCO)n1. The number of aliphatic hydroxyl groups excluding tert-OH is 1. The van der Waals surface area contributed by atoms with E-state index in [4.69, 9.17) is 9.84 Å². The first kappa shape index (κ1) is 14.8. The Hall–Kier alpha value is -2.15. The van der Waals surface area contributed by atoms with Gasteiger partial charge in [-0.15, -0.1) is 0 Å². The molecular weight excluding hydrogens is 282 g/mol. The molecule has 0 aromatic carbocycles. The van der Waals surface area contributed by atoms with E-state index in [1.165, 1.54) is 0 Å². The molecule has 1 N–H and O–H groups in total. The molecule has 1 atom stereocenters. The van der Waals surface area contributed by atoms with Crippen LogP contribution in [0.15, 0.2) is 24.8 Å². The number of aryl methyl sites for hydroxylation is 1. The Balaban J connectivity index is 1.73. The Morgan fingerprint density at radius 1 is 1.41 bits per heavy atom. The van der Waals surface area contributed by atoms with E-state index in [1.807, 2.05) is 19.3 Å². The van der Waals surface area contributed by atoms with E-state index in [-0.39, 0.29) is 13.2 Å². The molecule has 0 amide bonds. The summed E-state index contributed by atoms with van der Waals surface area (Å²) in [6.45, 7) is 4.09. The lowest BCUT2D eigenvalue weighted by atomic mass is 10.2. The maximum absolute atomic E-state index is 8.83. The first-order chi connectivity index (χ1) is 10.8. The van der Waals surface area contributed by atoms with Gasteiger partial charge >= 0.3 is 0 Å². The van der Waals surface area contributed by atoms with Gasteiger partial charge in [0.05, 0.1) is 19.0 Å². The molecule has 1 saturated heterocycles. The van der Waals surface area contributed by atoms with Crippen molar-refractivity contribution in [3.63, 3.8) is 0 Å². The molecule has 0 unspecified atom stereocenters. The number of hydrogen-bond acceptors (Lipinski definition) is 6. The van der Waals surface area contributed by atoms with Crippen molar-refractivity contribution >= 4 is 5.82 Å². The van der Waals surface area contributed by atoms with Crippen LogP contribution in [0.25, 0.3) is 0 Å². The maximum Gasteiger partial charge on any atom is 0.234 e. The average Bonchev–Trinajstić information content (AvgIpc) is 3.16. The Kier molecular flexibility index (Phi) is 4.53. The molecule has 7 nitrogen and oxygen atoms in total. The van der Waals surface area contributed by atoms with E-state index in [0.717, 1.165) is 37.6 Å². The Morgan fingerprint density at radius 3 is 3.09 bits per heavy atom. The average molecular weight is 303 g/mol. The summed E-state index contributed by atoms with van der Waals surface area (Å²) in [6, 6.07) is 0.385. The van der Waals surface area contributed by atoms with Crippen LogP contribution in [0.2, 0.25) is 0 Å². The summed E-state index contributed by atoms with van der Waals surface area (Å²) in [5, 5.41) is 8.83. The second kappa shape index (κ2) is 6.74. The molecule has 3 heterocycles. The molecule has 1 aliphatic rings. The van der Waals surface area contributed by atoms with Crippen LogP contribution in [0.4, 0.5) is 5.82 Å². The van der Waals surface area contributed by atoms with Gasteiger partial charge in [-0.1, -0.05) is 0 Å². The molecule has 2 aromatic rings. The highest BCUT2D eigenvalue weighted by Gasteiger charge is 2.26. The minimum Gasteiger partial charge on any atom is -0.474 e. The summed E-state index contributed by atoms with van der Waals surface area (Å²) in [5.41, 5.74) is 0. The van der Waals surface area contributed by atoms with Crippen molar-refractivity contribution in [2.75, 3.05) is 24.7 Å². The summed E-state index contributed by atoms with van der Waals surface area (Å²) < 4.78 is 7.52. The molecule has 1 aliphatic heterocycles. The van der Waals surface area contributed by atoms with Gasteiger partial charge in [-0.2, -0.15) is 4.98 Å². The number of anilines is 1. The number of imidazole rings is 1. The predicted molar refractivity (Wildman–Crippen MR) is 81.9 cm³/mol. The van der Waals surface area contributed by atoms with E-state index in [0.29, 0.717) is 11.9 Å². The number of ether oxygens (including phenoxy) is 1. The van der Waals surface area contributed by atoms with Crippen LogP contribution in [-0.4, -0.2) is 50.4 Å². The third kappa shape index (κ3) is 3.19. The highest BCUT2D eigenvalue weighted by molar-refractivity contribution is 5.40. The molecule has 0 aliphatic carbocycles. The number of aromatic nitrogens is 4. The van der Waals surface area contributed by atoms with Gasteiger partial charge in [-0.25, -0.2) is 4.98 Å². The fourth-order valence-electron chi connectivity index (χ4n) is 2.85. The van der Waals surface area contributed by atoms with Gasteiger partial charge in [0.25, 0.3) is 0 Å². The van der Waals surface area contributed by atoms with E-state index < -0.39 is 0 Å². The van der Waals surface area contributed by atoms with E-state index in [9.17, 15) is 0 Å². The maximum atomic E-state index is 8.83. The van der Waals surface area contributed by atoms with Crippen LogP contribution in [0.3, 0.4) is 0 Å². The smallest absolute Gasteiger partial charge is 0.234 e. The standard InChI is InChI=1S/C15H21N5O2/c1-12-17-4-6-19(12)11-13-3-2-5-20(13)14-9-16-10-15(18-14)22-8-7-21/h4,6,9-10,13,21H,2-3,5,7-8,11H2,1H3/t13-/m1/s1. The third-order valence-electron chi connectivity index (χ3n) is 3.94. The molecule has 2 aromatic heterocycles. The Bertz CT molecular complexity index is 615. The molecule has 22 heavy (non-hydrogen) atoms. The van der Waals surface area contributed by atoms with Crippen molar-refractivity contribution in [3.05, 3.63) is 30.6 Å². The van der Waals surface area contributed by atoms with Gasteiger partial charge in [0.2, 0.25) is 5.88 Å². The summed E-state index contributed by atoms with van der Waals surface area (Å²) in [7, 11) is 0. The zero-order valence-electron chi connectivity index (χ0n) is 12.7. The van der Waals surface area contributed by atoms with E-state index in [2.05, 4.69) is 24.4 Å². The largest absolute Gasteiger partial charge is 0.474 e. The number of nitrogens with zero attached hydrogens (tertiary/aromatic N) is 5. The van der Waals surface area contributed by atoms with Gasteiger partial charge in [0.1, 0.15) is 12.4 Å². The zero-order valence-corrected chi connectivity index (χ0v) is 12.7. The minimum atomic E-state index is -0.0296. The highest BCUT2D eigenvalue weighted by Crippen LogP contribution is 2.26. The lowest BCUT2D eigenvalue weighted by Gasteiger charge is -2.26. The third-order valence-corrected chi connectivity index (χ3v) is 3.94. The summed E-state index contributed by atoms with van der Waals surface area (Å²) in [6.07, 6.45) is 9.45. The van der Waals surface area contributed by atoms with E-state index in [1.54, 1.807) is 12.4 Å². The van der Waals surface area contributed by atoms with Crippen LogP contribution in [0, 0.1) is 6.92 Å². The normalized spacial score (nSPS) is 17.9. The molecule has 7 heteroatoms. The monoisotopic (exact) mass is 303 g/mol. The summed E-state index contributed by atoms with van der Waals surface area (Å²) in [5.74, 6) is 2.31. The first-order valence-electron chi connectivity index (χ1n) is 7.58. The Morgan fingerprint density at radius 2 is 2.32 bits per heavy atom. The van der Waals surface area contributed by atoms with Gasteiger partial charge in [0.15, 0.2) is 5.82 Å². The molecule has 3 rings (SSSR count). The summed E-state index contributed by atoms with van der Waals surface area (Å²) in [4.78, 5) is 15.3. The van der Waals surface area contributed by atoms with Crippen LogP contribution in [-0.2, 0) is 6.54 Å². The second-order valence-electron chi connectivity index (χ2n) is 5.40. The highest BCUT2D eigenvalue weighted by atomic mass is 16.5. The van der Waals surface area contributed by atoms with Gasteiger partial charge in [-0.3, -0.25) is 4.98 Å². The lowest BCUT2D eigenvalue weighted by Crippen LogP contribution is -2.33. The molecule has 0 spiro atoms. The van der Waals surface area contributed by atoms with E-state index >= 15 is 0 Å². The number of rotatable bonds is 6. The van der Waals surface area contributed by atoms with Gasteiger partial charge in [0, 0.05) is 31.5 Å². The van der Waals surface area contributed by atoms with Gasteiger partial charge < -0.3 is 19.3 Å². The van der Waals surface area contributed by atoms with Crippen LogP contribution >= 0.6 is 0 Å². The zero-order chi connectivity index (χ0) is 15.4. The Labute approximate surface area is 129 Å². The van der Waals surface area contributed by atoms with Crippen molar-refractivity contribution in [2.24, 2.45) is 0 Å². The van der Waals surface area contributed by atoms with Crippen molar-refractivity contribution in [1.29, 1.82) is 0 Å². The lowest BCUT2D eigenvalue weighted by molar-refractivity contribution is 0.196. The van der Waals surface area contributed by atoms with Crippen molar-refractivity contribution < 1.29 is 9.84 Å². The minimum absolute atomic E-state index is 0.0296. The van der Waals surface area contributed by atoms with Crippen molar-refractivity contribution in [1.82, 2.24) is 19.5 Å². The van der Waals surface area contributed by atoms with Crippen LogP contribution in [0.1, 0.15) is 18.7 Å². The molecule has 0 bridgehead atoms. The fourth-order valence-corrected chi connectivity index (χ4v) is 2.85. The molecule has 1 fully saturated rings. The fraction of sp³-hybridized carbons (Fsp3) is 0.533. The molecule has 0 saturated carbocycles. The second-order valence-corrected chi connectivity index (χ2v) is 5.40. The number of aliphatic hydroxyl groups is 1. The molecule has 118 valence electrons. The predicted octanol–water partition coefficient (Wildman–Crippen LogP) is 1.02. The van der Waals surface area contributed by atoms with Crippen LogP contribution in [0.5, 0.6) is 5.88 Å². The van der Waals surface area contributed by atoms with Crippen LogP contribution < -0.4 is 9.64 Å².